The summed E-state index contributed by atoms with van der Waals surface area (Å²) in [6, 6.07) is 6.44. The molecule has 1 saturated heterocycles. The number of halogens is 1. The molecule has 144 valence electrons. The van der Waals surface area contributed by atoms with Gasteiger partial charge in [0, 0.05) is 31.3 Å². The Hall–Kier alpha value is -2.11. The van der Waals surface area contributed by atoms with Crippen LogP contribution in [0, 0.1) is 10.1 Å². The summed E-state index contributed by atoms with van der Waals surface area (Å²) >= 11 is 0. The topological polar surface area (TPSA) is 123 Å². The molecule has 0 unspecified atom stereocenters. The molecule has 0 spiro atoms. The summed E-state index contributed by atoms with van der Waals surface area (Å²) in [4.78, 5) is 27.9. The number of aliphatic imine (C=N–C) groups is 1. The van der Waals surface area contributed by atoms with E-state index in [1.807, 2.05) is 0 Å². The lowest BCUT2D eigenvalue weighted by Crippen LogP contribution is -2.48. The minimum Gasteiger partial charge on any atom is -0.450 e. The molecule has 1 amide bonds. The number of hydrogen-bond acceptors (Lipinski definition) is 5. The van der Waals surface area contributed by atoms with Crippen molar-refractivity contribution in [2.24, 2.45) is 10.7 Å². The molecule has 1 aromatic carbocycles. The van der Waals surface area contributed by atoms with Crippen LogP contribution in [0.4, 0.5) is 10.5 Å². The zero-order valence-corrected chi connectivity index (χ0v) is 16.9. The van der Waals surface area contributed by atoms with Crippen LogP contribution in [0.1, 0.15) is 25.3 Å². The molecule has 3 N–H and O–H groups in total. The first-order valence-corrected chi connectivity index (χ1v) is 8.21. The molecule has 0 aliphatic carbocycles. The highest BCUT2D eigenvalue weighted by Gasteiger charge is 2.23. The number of hydrogen-bond donors (Lipinski definition) is 2. The number of nitro benzene ring substituents is 1. The van der Waals surface area contributed by atoms with Gasteiger partial charge in [0.25, 0.3) is 5.69 Å². The molecule has 1 aliphatic rings. The van der Waals surface area contributed by atoms with Gasteiger partial charge in [-0.3, -0.25) is 10.1 Å². The van der Waals surface area contributed by atoms with Crippen LogP contribution in [0.3, 0.4) is 0 Å². The number of carbonyl (C=O) groups excluding carboxylic acids is 1. The van der Waals surface area contributed by atoms with Crippen molar-refractivity contribution in [3.8, 4) is 0 Å². The molecular formula is C16H24IN5O4. The molecule has 2 rings (SSSR count). The molecule has 0 bridgehead atoms. The van der Waals surface area contributed by atoms with Gasteiger partial charge in [0.1, 0.15) is 0 Å². The lowest BCUT2D eigenvalue weighted by molar-refractivity contribution is -0.384. The molecule has 26 heavy (non-hydrogen) atoms. The molecule has 1 aliphatic heterocycles. The van der Waals surface area contributed by atoms with Gasteiger partial charge in [-0.15, -0.1) is 24.0 Å². The quantitative estimate of drug-likeness (QED) is 0.221. The van der Waals surface area contributed by atoms with Crippen LogP contribution in [0.25, 0.3) is 0 Å². The number of nitro groups is 1. The van der Waals surface area contributed by atoms with Gasteiger partial charge in [0.2, 0.25) is 0 Å². The normalized spacial score (nSPS) is 15.1. The van der Waals surface area contributed by atoms with Crippen molar-refractivity contribution in [2.75, 3.05) is 19.7 Å². The summed E-state index contributed by atoms with van der Waals surface area (Å²) in [5, 5.41) is 13.9. The predicted molar refractivity (Wildman–Crippen MR) is 109 cm³/mol. The van der Waals surface area contributed by atoms with E-state index in [2.05, 4.69) is 10.3 Å². The number of piperidine rings is 1. The van der Waals surface area contributed by atoms with Gasteiger partial charge >= 0.3 is 6.09 Å². The zero-order chi connectivity index (χ0) is 18.2. The molecule has 0 saturated carbocycles. The fraction of sp³-hybridized carbons (Fsp3) is 0.500. The Bertz CT molecular complexity index is 647. The van der Waals surface area contributed by atoms with E-state index in [1.54, 1.807) is 24.0 Å². The number of rotatable bonds is 5. The van der Waals surface area contributed by atoms with Gasteiger partial charge < -0.3 is 20.7 Å². The third kappa shape index (κ3) is 6.65. The Morgan fingerprint density at radius 1 is 1.46 bits per heavy atom. The Morgan fingerprint density at radius 2 is 2.15 bits per heavy atom. The number of guanidine groups is 1. The first kappa shape index (κ1) is 21.9. The Morgan fingerprint density at radius 3 is 2.77 bits per heavy atom. The van der Waals surface area contributed by atoms with Gasteiger partial charge in [-0.05, 0) is 25.3 Å². The van der Waals surface area contributed by atoms with Crippen molar-refractivity contribution in [2.45, 2.75) is 32.4 Å². The number of carbonyl (C=O) groups is 1. The highest BCUT2D eigenvalue weighted by Crippen LogP contribution is 2.14. The predicted octanol–water partition coefficient (Wildman–Crippen LogP) is 2.24. The van der Waals surface area contributed by atoms with Crippen molar-refractivity contribution < 1.29 is 14.5 Å². The molecule has 1 aromatic rings. The fourth-order valence-corrected chi connectivity index (χ4v) is 2.62. The van der Waals surface area contributed by atoms with Gasteiger partial charge in [-0.1, -0.05) is 12.1 Å². The maximum absolute atomic E-state index is 11.6. The number of nitrogens with zero attached hydrogens (tertiary/aromatic N) is 3. The second-order valence-electron chi connectivity index (χ2n) is 5.73. The van der Waals surface area contributed by atoms with E-state index in [0.717, 1.165) is 18.4 Å². The monoisotopic (exact) mass is 477 g/mol. The number of benzene rings is 1. The minimum absolute atomic E-state index is 0. The summed E-state index contributed by atoms with van der Waals surface area (Å²) in [5.41, 5.74) is 6.64. The number of non-ortho nitro benzene ring substituents is 1. The molecule has 1 heterocycles. The summed E-state index contributed by atoms with van der Waals surface area (Å²) in [6.07, 6.45) is 1.23. The van der Waals surface area contributed by atoms with Crippen molar-refractivity contribution in [1.82, 2.24) is 10.2 Å². The van der Waals surface area contributed by atoms with Crippen LogP contribution in [-0.2, 0) is 11.3 Å². The van der Waals surface area contributed by atoms with Gasteiger partial charge in [-0.25, -0.2) is 9.79 Å². The Kier molecular flexibility index (Phi) is 9.10. The molecule has 0 aromatic heterocycles. The summed E-state index contributed by atoms with van der Waals surface area (Å²) in [7, 11) is 0. The third-order valence-corrected chi connectivity index (χ3v) is 3.93. The molecule has 9 nitrogen and oxygen atoms in total. The highest BCUT2D eigenvalue weighted by molar-refractivity contribution is 14.0. The van der Waals surface area contributed by atoms with Crippen LogP contribution in [0.15, 0.2) is 29.3 Å². The third-order valence-electron chi connectivity index (χ3n) is 3.93. The second-order valence-corrected chi connectivity index (χ2v) is 5.73. The van der Waals surface area contributed by atoms with Gasteiger partial charge in [0.05, 0.1) is 18.1 Å². The average molecular weight is 477 g/mol. The maximum Gasteiger partial charge on any atom is 0.409 e. The molecule has 10 heteroatoms. The summed E-state index contributed by atoms with van der Waals surface area (Å²) < 4.78 is 4.98. The lowest BCUT2D eigenvalue weighted by atomic mass is 10.1. The number of nitrogens with two attached hydrogens (primary N) is 1. The van der Waals surface area contributed by atoms with Crippen LogP contribution in [0.5, 0.6) is 0 Å². The second kappa shape index (κ2) is 10.8. The van der Waals surface area contributed by atoms with E-state index >= 15 is 0 Å². The maximum atomic E-state index is 11.6. The fourth-order valence-electron chi connectivity index (χ4n) is 2.62. The molecule has 0 radical (unpaired) electrons. The SMILES string of the molecule is CCOC(=O)N1CCC(NC(N)=NCc2cccc([N+](=O)[O-])c2)CC1.I. The van der Waals surface area contributed by atoms with Crippen LogP contribution >= 0.6 is 24.0 Å². The number of nitrogens with one attached hydrogen (secondary N) is 1. The van der Waals surface area contributed by atoms with Crippen molar-refractivity contribution in [3.63, 3.8) is 0 Å². The molecule has 0 atom stereocenters. The summed E-state index contributed by atoms with van der Waals surface area (Å²) in [5.74, 6) is 0.293. The van der Waals surface area contributed by atoms with Crippen LogP contribution in [0.2, 0.25) is 0 Å². The minimum atomic E-state index is -0.438. The smallest absolute Gasteiger partial charge is 0.409 e. The van der Waals surface area contributed by atoms with Crippen LogP contribution in [-0.4, -0.2) is 47.6 Å². The van der Waals surface area contributed by atoms with E-state index in [-0.39, 0.29) is 48.3 Å². The first-order chi connectivity index (χ1) is 12.0. The van der Waals surface area contributed by atoms with E-state index < -0.39 is 4.92 Å². The van der Waals surface area contributed by atoms with E-state index in [1.165, 1.54) is 12.1 Å². The summed E-state index contributed by atoms with van der Waals surface area (Å²) in [6.45, 7) is 3.63. The lowest BCUT2D eigenvalue weighted by Gasteiger charge is -2.31. The van der Waals surface area contributed by atoms with Crippen molar-refractivity contribution >= 4 is 41.7 Å². The zero-order valence-electron chi connectivity index (χ0n) is 14.6. The van der Waals surface area contributed by atoms with Gasteiger partial charge in [0.15, 0.2) is 5.96 Å². The van der Waals surface area contributed by atoms with E-state index in [0.29, 0.717) is 25.7 Å². The molecule has 1 fully saturated rings. The number of ether oxygens (including phenoxy) is 1. The van der Waals surface area contributed by atoms with E-state index in [9.17, 15) is 14.9 Å². The van der Waals surface area contributed by atoms with E-state index in [4.69, 9.17) is 10.5 Å². The Balaban J connectivity index is 0.00000338. The van der Waals surface area contributed by atoms with Crippen LogP contribution < -0.4 is 11.1 Å². The van der Waals surface area contributed by atoms with Gasteiger partial charge in [-0.2, -0.15) is 0 Å². The Labute approximate surface area is 169 Å². The molecular weight excluding hydrogens is 453 g/mol. The largest absolute Gasteiger partial charge is 0.450 e. The number of likely N-dealkylation sites (tertiary alicyclic amines) is 1. The highest BCUT2D eigenvalue weighted by atomic mass is 127. The van der Waals surface area contributed by atoms with Crippen molar-refractivity contribution in [3.05, 3.63) is 39.9 Å². The standard InChI is InChI=1S/C16H23N5O4.HI/c1-2-25-16(22)20-8-6-13(7-9-20)19-15(17)18-11-12-4-3-5-14(10-12)21(23)24;/h3-5,10,13H,2,6-9,11H2,1H3,(H3,17,18,19);1H. The van der Waals surface area contributed by atoms with Crippen molar-refractivity contribution in [1.29, 1.82) is 0 Å². The average Bonchev–Trinajstić information content (AvgIpc) is 2.61. The number of amides is 1. The first-order valence-electron chi connectivity index (χ1n) is 8.21.